The summed E-state index contributed by atoms with van der Waals surface area (Å²) in [4.78, 5) is 21.1. The first-order valence-corrected chi connectivity index (χ1v) is 5.96. The van der Waals surface area contributed by atoms with Gasteiger partial charge in [-0.15, -0.1) is 0 Å². The molecule has 1 rings (SSSR count). The van der Waals surface area contributed by atoms with Crippen molar-refractivity contribution < 1.29 is 9.90 Å². The Morgan fingerprint density at radius 3 is 2.72 bits per heavy atom. The summed E-state index contributed by atoms with van der Waals surface area (Å²) >= 11 is 0. The second-order valence-electron chi connectivity index (χ2n) is 4.46. The molecule has 0 radical (unpaired) electrons. The Balaban J connectivity index is 2.44. The first kappa shape index (κ1) is 14.4. The van der Waals surface area contributed by atoms with Crippen LogP contribution in [0.25, 0.3) is 0 Å². The van der Waals surface area contributed by atoms with E-state index < -0.39 is 5.97 Å². The van der Waals surface area contributed by atoms with Gasteiger partial charge in [0, 0.05) is 12.2 Å². The standard InChI is InChI=1S/C12H20N4O2/c1-9-8-10(11(17)18)15-12(14-9)13-6-4-5-7-16(2)3/h8H,4-7H2,1-3H3,(H,17,18)(H,13,14,15). The number of hydrogen-bond donors (Lipinski definition) is 2. The van der Waals surface area contributed by atoms with Gasteiger partial charge in [0.1, 0.15) is 0 Å². The lowest BCUT2D eigenvalue weighted by molar-refractivity contribution is 0.0690. The molecular formula is C12H20N4O2. The van der Waals surface area contributed by atoms with Gasteiger partial charge in [0.2, 0.25) is 5.95 Å². The third-order valence-corrected chi connectivity index (χ3v) is 2.39. The van der Waals surface area contributed by atoms with E-state index in [0.717, 1.165) is 25.9 Å². The molecule has 0 bridgehead atoms. The molecule has 0 aliphatic rings. The van der Waals surface area contributed by atoms with Gasteiger partial charge in [-0.25, -0.2) is 14.8 Å². The molecule has 0 aliphatic heterocycles. The number of aromatic nitrogens is 2. The van der Waals surface area contributed by atoms with Gasteiger partial charge in [0.15, 0.2) is 5.69 Å². The molecule has 1 aromatic rings. The van der Waals surface area contributed by atoms with Crippen molar-refractivity contribution in [3.8, 4) is 0 Å². The highest BCUT2D eigenvalue weighted by atomic mass is 16.4. The maximum atomic E-state index is 10.8. The zero-order valence-electron chi connectivity index (χ0n) is 11.1. The predicted molar refractivity (Wildman–Crippen MR) is 70.0 cm³/mol. The highest BCUT2D eigenvalue weighted by Gasteiger charge is 2.07. The number of unbranched alkanes of at least 4 members (excludes halogenated alkanes) is 1. The van der Waals surface area contributed by atoms with Crippen LogP contribution in [0, 0.1) is 6.92 Å². The van der Waals surface area contributed by atoms with Crippen LogP contribution >= 0.6 is 0 Å². The van der Waals surface area contributed by atoms with E-state index in [1.807, 2.05) is 14.1 Å². The Kier molecular flexibility index (Phi) is 5.51. The van der Waals surface area contributed by atoms with Crippen molar-refractivity contribution in [2.45, 2.75) is 19.8 Å². The minimum Gasteiger partial charge on any atom is -0.477 e. The zero-order valence-corrected chi connectivity index (χ0v) is 11.1. The number of hydrogen-bond acceptors (Lipinski definition) is 5. The summed E-state index contributed by atoms with van der Waals surface area (Å²) in [5.41, 5.74) is 0.677. The van der Waals surface area contributed by atoms with E-state index >= 15 is 0 Å². The average Bonchev–Trinajstić information content (AvgIpc) is 2.27. The fraction of sp³-hybridized carbons (Fsp3) is 0.583. The average molecular weight is 252 g/mol. The summed E-state index contributed by atoms with van der Waals surface area (Å²) < 4.78 is 0. The van der Waals surface area contributed by atoms with Crippen LogP contribution in [-0.2, 0) is 0 Å². The first-order valence-electron chi connectivity index (χ1n) is 5.96. The summed E-state index contributed by atoms with van der Waals surface area (Å²) in [6.07, 6.45) is 2.08. The molecule has 0 saturated heterocycles. The van der Waals surface area contributed by atoms with Crippen LogP contribution < -0.4 is 5.32 Å². The molecule has 0 aliphatic carbocycles. The van der Waals surface area contributed by atoms with E-state index in [9.17, 15) is 4.79 Å². The lowest BCUT2D eigenvalue weighted by Crippen LogP contribution is -2.15. The van der Waals surface area contributed by atoms with Crippen molar-refractivity contribution in [2.75, 3.05) is 32.5 Å². The molecule has 0 saturated carbocycles. The first-order chi connectivity index (χ1) is 8.49. The van der Waals surface area contributed by atoms with Crippen LogP contribution in [0.1, 0.15) is 29.0 Å². The van der Waals surface area contributed by atoms with Crippen LogP contribution in [0.15, 0.2) is 6.07 Å². The van der Waals surface area contributed by atoms with E-state index in [4.69, 9.17) is 5.11 Å². The third-order valence-electron chi connectivity index (χ3n) is 2.39. The number of aryl methyl sites for hydroxylation is 1. The van der Waals surface area contributed by atoms with Crippen LogP contribution in [0.2, 0.25) is 0 Å². The number of aromatic carboxylic acids is 1. The van der Waals surface area contributed by atoms with Crippen molar-refractivity contribution in [2.24, 2.45) is 0 Å². The molecule has 0 atom stereocenters. The van der Waals surface area contributed by atoms with E-state index in [-0.39, 0.29) is 5.69 Å². The van der Waals surface area contributed by atoms with Crippen molar-refractivity contribution in [1.29, 1.82) is 0 Å². The number of carboxylic acids is 1. The molecule has 0 amide bonds. The van der Waals surface area contributed by atoms with Crippen molar-refractivity contribution in [3.05, 3.63) is 17.5 Å². The number of nitrogens with one attached hydrogen (secondary N) is 1. The molecule has 1 heterocycles. The zero-order chi connectivity index (χ0) is 13.5. The second-order valence-corrected chi connectivity index (χ2v) is 4.46. The molecule has 0 spiro atoms. The molecule has 0 fully saturated rings. The largest absolute Gasteiger partial charge is 0.477 e. The third kappa shape index (κ3) is 5.09. The van der Waals surface area contributed by atoms with Crippen molar-refractivity contribution >= 4 is 11.9 Å². The van der Waals surface area contributed by atoms with Gasteiger partial charge < -0.3 is 15.3 Å². The summed E-state index contributed by atoms with van der Waals surface area (Å²) in [7, 11) is 4.08. The van der Waals surface area contributed by atoms with Gasteiger partial charge in [-0.1, -0.05) is 0 Å². The number of anilines is 1. The number of rotatable bonds is 7. The van der Waals surface area contributed by atoms with Gasteiger partial charge in [-0.3, -0.25) is 0 Å². The molecule has 18 heavy (non-hydrogen) atoms. The molecule has 1 aromatic heterocycles. The highest BCUT2D eigenvalue weighted by molar-refractivity contribution is 5.85. The lowest BCUT2D eigenvalue weighted by atomic mass is 10.3. The molecule has 2 N–H and O–H groups in total. The van der Waals surface area contributed by atoms with Gasteiger partial charge >= 0.3 is 5.97 Å². The Morgan fingerprint density at radius 2 is 2.11 bits per heavy atom. The number of carbonyl (C=O) groups is 1. The van der Waals surface area contributed by atoms with Gasteiger partial charge in [-0.05, 0) is 46.5 Å². The van der Waals surface area contributed by atoms with Crippen LogP contribution in [0.4, 0.5) is 5.95 Å². The summed E-state index contributed by atoms with van der Waals surface area (Å²) in [5, 5.41) is 11.9. The van der Waals surface area contributed by atoms with E-state index in [2.05, 4.69) is 20.2 Å². The maximum Gasteiger partial charge on any atom is 0.354 e. The Morgan fingerprint density at radius 1 is 1.39 bits per heavy atom. The minimum absolute atomic E-state index is 0.0262. The van der Waals surface area contributed by atoms with Crippen molar-refractivity contribution in [3.63, 3.8) is 0 Å². The molecule has 6 nitrogen and oxygen atoms in total. The van der Waals surface area contributed by atoms with Gasteiger partial charge in [0.05, 0.1) is 0 Å². The Bertz CT molecular complexity index is 407. The molecule has 0 aromatic carbocycles. The smallest absolute Gasteiger partial charge is 0.354 e. The molecular weight excluding hydrogens is 232 g/mol. The SMILES string of the molecule is Cc1cc(C(=O)O)nc(NCCCCN(C)C)n1. The quantitative estimate of drug-likeness (QED) is 0.711. The fourth-order valence-corrected chi connectivity index (χ4v) is 1.51. The Hall–Kier alpha value is -1.69. The summed E-state index contributed by atoms with van der Waals surface area (Å²) in [6, 6.07) is 1.46. The Labute approximate surface area is 107 Å². The van der Waals surface area contributed by atoms with E-state index in [0.29, 0.717) is 11.6 Å². The summed E-state index contributed by atoms with van der Waals surface area (Å²) in [5.74, 6) is -0.645. The molecule has 100 valence electrons. The highest BCUT2D eigenvalue weighted by Crippen LogP contribution is 2.05. The van der Waals surface area contributed by atoms with E-state index in [1.165, 1.54) is 6.07 Å². The predicted octanol–water partition coefficient (Wildman–Crippen LogP) is 1.24. The van der Waals surface area contributed by atoms with Crippen LogP contribution in [0.5, 0.6) is 0 Å². The van der Waals surface area contributed by atoms with Gasteiger partial charge in [0.25, 0.3) is 0 Å². The van der Waals surface area contributed by atoms with Crippen molar-refractivity contribution in [1.82, 2.24) is 14.9 Å². The second kappa shape index (κ2) is 6.90. The van der Waals surface area contributed by atoms with Crippen LogP contribution in [0.3, 0.4) is 0 Å². The monoisotopic (exact) mass is 252 g/mol. The van der Waals surface area contributed by atoms with Crippen LogP contribution in [-0.4, -0.2) is 53.1 Å². The van der Waals surface area contributed by atoms with E-state index in [1.54, 1.807) is 6.92 Å². The normalized spacial score (nSPS) is 10.7. The molecule has 6 heteroatoms. The molecule has 0 unspecified atom stereocenters. The number of nitrogens with zero attached hydrogens (tertiary/aromatic N) is 3. The lowest BCUT2D eigenvalue weighted by Gasteiger charge is -2.09. The van der Waals surface area contributed by atoms with Gasteiger partial charge in [-0.2, -0.15) is 0 Å². The topological polar surface area (TPSA) is 78.3 Å². The summed E-state index contributed by atoms with van der Waals surface area (Å²) in [6.45, 7) is 3.54. The fourth-order valence-electron chi connectivity index (χ4n) is 1.51. The minimum atomic E-state index is -1.03. The maximum absolute atomic E-state index is 10.8. The number of carboxylic acid groups (broad SMARTS) is 1.